The molecule has 1 aliphatic heterocycles. The van der Waals surface area contributed by atoms with Gasteiger partial charge in [-0.15, -0.1) is 0 Å². The van der Waals surface area contributed by atoms with Gasteiger partial charge in [0.25, 0.3) is 0 Å². The van der Waals surface area contributed by atoms with Crippen molar-refractivity contribution in [1.82, 2.24) is 15.5 Å². The summed E-state index contributed by atoms with van der Waals surface area (Å²) in [4.78, 5) is 4.27. The smallest absolute Gasteiger partial charge is 0.243 e. The van der Waals surface area contributed by atoms with Crippen molar-refractivity contribution in [2.45, 2.75) is 38.3 Å². The lowest BCUT2D eigenvalue weighted by molar-refractivity contribution is 0.191. The fourth-order valence-electron chi connectivity index (χ4n) is 1.53. The summed E-state index contributed by atoms with van der Waals surface area (Å²) in [6.45, 7) is 4.64. The van der Waals surface area contributed by atoms with Gasteiger partial charge < -0.3 is 14.9 Å². The van der Waals surface area contributed by atoms with Crippen LogP contribution in [-0.2, 0) is 0 Å². The van der Waals surface area contributed by atoms with E-state index in [-0.39, 0.29) is 18.1 Å². The van der Waals surface area contributed by atoms with Crippen LogP contribution in [0.4, 0.5) is 0 Å². The van der Waals surface area contributed by atoms with Crippen LogP contribution in [0.1, 0.15) is 43.9 Å². The van der Waals surface area contributed by atoms with E-state index >= 15 is 0 Å². The highest BCUT2D eigenvalue weighted by atomic mass is 16.5. The van der Waals surface area contributed by atoms with Gasteiger partial charge in [-0.25, -0.2) is 0 Å². The van der Waals surface area contributed by atoms with Crippen molar-refractivity contribution >= 4 is 0 Å². The third kappa shape index (κ3) is 1.78. The number of nitrogens with one attached hydrogen (secondary N) is 1. The molecule has 1 aromatic heterocycles. The van der Waals surface area contributed by atoms with Gasteiger partial charge in [-0.2, -0.15) is 4.98 Å². The van der Waals surface area contributed by atoms with Gasteiger partial charge >= 0.3 is 0 Å². The lowest BCUT2D eigenvalue weighted by Gasteiger charge is -2.01. The zero-order valence-corrected chi connectivity index (χ0v) is 8.40. The van der Waals surface area contributed by atoms with Gasteiger partial charge in [0.2, 0.25) is 5.89 Å². The second-order valence-electron chi connectivity index (χ2n) is 4.00. The summed E-state index contributed by atoms with van der Waals surface area (Å²) < 4.78 is 5.12. The van der Waals surface area contributed by atoms with Crippen molar-refractivity contribution in [3.05, 3.63) is 11.7 Å². The van der Waals surface area contributed by atoms with Gasteiger partial charge in [0.15, 0.2) is 5.82 Å². The van der Waals surface area contributed by atoms with Crippen molar-refractivity contribution in [2.24, 2.45) is 0 Å². The molecule has 1 fully saturated rings. The monoisotopic (exact) mass is 197 g/mol. The Morgan fingerprint density at radius 2 is 2.36 bits per heavy atom. The second-order valence-corrected chi connectivity index (χ2v) is 4.00. The number of hydrogen-bond acceptors (Lipinski definition) is 5. The first-order valence-electron chi connectivity index (χ1n) is 4.91. The molecule has 0 unspecified atom stereocenters. The van der Waals surface area contributed by atoms with E-state index in [4.69, 9.17) is 4.52 Å². The molecular formula is C9H15N3O2. The molecule has 0 bridgehead atoms. The Bertz CT molecular complexity index is 311. The number of hydrogen-bond donors (Lipinski definition) is 2. The van der Waals surface area contributed by atoms with Gasteiger partial charge in [0.05, 0.1) is 12.1 Å². The van der Waals surface area contributed by atoms with E-state index in [0.29, 0.717) is 18.9 Å². The van der Waals surface area contributed by atoms with Crippen molar-refractivity contribution in [3.8, 4) is 0 Å². The minimum absolute atomic E-state index is 0.0185. The molecule has 2 rings (SSSR count). The van der Waals surface area contributed by atoms with Crippen molar-refractivity contribution in [1.29, 1.82) is 0 Å². The highest BCUT2D eigenvalue weighted by Gasteiger charge is 2.28. The molecular weight excluding hydrogens is 182 g/mol. The largest absolute Gasteiger partial charge is 0.392 e. The number of aliphatic hydroxyl groups is 1. The van der Waals surface area contributed by atoms with Crippen LogP contribution in [0.2, 0.25) is 0 Å². The molecule has 1 aromatic rings. The lowest BCUT2D eigenvalue weighted by Crippen LogP contribution is -2.15. The molecule has 1 aliphatic rings. The molecule has 2 heterocycles. The van der Waals surface area contributed by atoms with Crippen molar-refractivity contribution < 1.29 is 9.63 Å². The van der Waals surface area contributed by atoms with Gasteiger partial charge in [0, 0.05) is 12.5 Å². The fourth-order valence-corrected chi connectivity index (χ4v) is 1.53. The van der Waals surface area contributed by atoms with E-state index in [1.54, 1.807) is 0 Å². The van der Waals surface area contributed by atoms with E-state index in [1.165, 1.54) is 0 Å². The summed E-state index contributed by atoms with van der Waals surface area (Å²) in [5.74, 6) is 1.59. The molecule has 78 valence electrons. The van der Waals surface area contributed by atoms with Crippen LogP contribution in [0.3, 0.4) is 0 Å². The number of nitrogens with zero attached hydrogens (tertiary/aromatic N) is 2. The standard InChI is InChI=1S/C9H15N3O2/c1-5(2)8-11-9(14-12-8)7-3-6(13)4-10-7/h5-7,10,13H,3-4H2,1-2H3/t6-,7+/m0/s1. The van der Waals surface area contributed by atoms with Crippen LogP contribution < -0.4 is 5.32 Å². The first-order valence-corrected chi connectivity index (χ1v) is 4.91. The molecule has 1 saturated heterocycles. The topological polar surface area (TPSA) is 71.2 Å². The second kappa shape index (κ2) is 3.67. The molecule has 0 spiro atoms. The lowest BCUT2D eigenvalue weighted by atomic mass is 10.2. The molecule has 2 atom stereocenters. The molecule has 0 saturated carbocycles. The van der Waals surface area contributed by atoms with Crippen molar-refractivity contribution in [3.63, 3.8) is 0 Å². The number of aliphatic hydroxyl groups excluding tert-OH is 1. The number of rotatable bonds is 2. The predicted molar refractivity (Wildman–Crippen MR) is 49.8 cm³/mol. The van der Waals surface area contributed by atoms with Gasteiger partial charge in [-0.05, 0) is 6.42 Å². The average molecular weight is 197 g/mol. The van der Waals surface area contributed by atoms with Crippen molar-refractivity contribution in [2.75, 3.05) is 6.54 Å². The Balaban J connectivity index is 2.09. The molecule has 5 heteroatoms. The summed E-state index contributed by atoms with van der Waals surface area (Å²) in [5, 5.41) is 16.3. The number of aromatic nitrogens is 2. The minimum atomic E-state index is -0.297. The number of β-amino-alcohol motifs (C(OH)–C–C–N with tert-alkyl or cyclic N) is 1. The average Bonchev–Trinajstić information content (AvgIpc) is 2.70. The molecule has 14 heavy (non-hydrogen) atoms. The zero-order valence-electron chi connectivity index (χ0n) is 8.40. The molecule has 0 amide bonds. The van der Waals surface area contributed by atoms with E-state index in [1.807, 2.05) is 13.8 Å². The van der Waals surface area contributed by atoms with Crippen LogP contribution in [-0.4, -0.2) is 27.9 Å². The SMILES string of the molecule is CC(C)c1noc([C@H]2C[C@H](O)CN2)n1. The normalized spacial score (nSPS) is 27.4. The van der Waals surface area contributed by atoms with Crippen LogP contribution in [0.5, 0.6) is 0 Å². The van der Waals surface area contributed by atoms with Gasteiger partial charge in [-0.3, -0.25) is 0 Å². The first kappa shape index (κ1) is 9.61. The third-order valence-electron chi connectivity index (χ3n) is 2.38. The summed E-state index contributed by atoms with van der Waals surface area (Å²) in [5.41, 5.74) is 0. The maximum atomic E-state index is 9.32. The highest BCUT2D eigenvalue weighted by Crippen LogP contribution is 2.22. The summed E-state index contributed by atoms with van der Waals surface area (Å²) in [6, 6.07) is 0.0185. The Morgan fingerprint density at radius 1 is 1.57 bits per heavy atom. The van der Waals surface area contributed by atoms with E-state index in [2.05, 4.69) is 15.5 Å². The van der Waals surface area contributed by atoms with Gasteiger partial charge in [0.1, 0.15) is 0 Å². The fraction of sp³-hybridized carbons (Fsp3) is 0.778. The maximum absolute atomic E-state index is 9.32. The zero-order chi connectivity index (χ0) is 10.1. The van der Waals surface area contributed by atoms with Crippen LogP contribution in [0.15, 0.2) is 4.52 Å². The third-order valence-corrected chi connectivity index (χ3v) is 2.38. The highest BCUT2D eigenvalue weighted by molar-refractivity contribution is 4.99. The molecule has 0 radical (unpaired) electrons. The molecule has 5 nitrogen and oxygen atoms in total. The van der Waals surface area contributed by atoms with E-state index in [9.17, 15) is 5.11 Å². The van der Waals surface area contributed by atoms with E-state index in [0.717, 1.165) is 5.82 Å². The van der Waals surface area contributed by atoms with E-state index < -0.39 is 0 Å². The Morgan fingerprint density at radius 3 is 2.86 bits per heavy atom. The molecule has 2 N–H and O–H groups in total. The Hall–Kier alpha value is -0.940. The molecule has 0 aliphatic carbocycles. The molecule has 0 aromatic carbocycles. The predicted octanol–water partition coefficient (Wildman–Crippen LogP) is 0.588. The summed E-state index contributed by atoms with van der Waals surface area (Å²) >= 11 is 0. The van der Waals surface area contributed by atoms with Crippen LogP contribution in [0, 0.1) is 0 Å². The minimum Gasteiger partial charge on any atom is -0.392 e. The first-order chi connectivity index (χ1) is 6.66. The van der Waals surface area contributed by atoms with Crippen LogP contribution >= 0.6 is 0 Å². The van der Waals surface area contributed by atoms with Crippen LogP contribution in [0.25, 0.3) is 0 Å². The summed E-state index contributed by atoms with van der Waals surface area (Å²) in [6.07, 6.45) is 0.356. The quantitative estimate of drug-likeness (QED) is 0.726. The van der Waals surface area contributed by atoms with Gasteiger partial charge in [-0.1, -0.05) is 19.0 Å². The Labute approximate surface area is 82.5 Å². The summed E-state index contributed by atoms with van der Waals surface area (Å²) in [7, 11) is 0. The Kier molecular flexibility index (Phi) is 2.52. The maximum Gasteiger partial charge on any atom is 0.243 e.